The van der Waals surface area contributed by atoms with Crippen molar-refractivity contribution < 1.29 is 9.18 Å². The summed E-state index contributed by atoms with van der Waals surface area (Å²) < 4.78 is 13.5. The third-order valence-electron chi connectivity index (χ3n) is 3.28. The molecule has 0 spiro atoms. The number of anilines is 1. The number of rotatable bonds is 4. The molecule has 0 atom stereocenters. The highest BCUT2D eigenvalue weighted by Gasteiger charge is 2.16. The van der Waals surface area contributed by atoms with Crippen molar-refractivity contribution in [3.63, 3.8) is 0 Å². The summed E-state index contributed by atoms with van der Waals surface area (Å²) in [4.78, 5) is 11.7. The lowest BCUT2D eigenvalue weighted by Crippen LogP contribution is -2.36. The molecule has 18 heavy (non-hydrogen) atoms. The first-order chi connectivity index (χ1) is 8.65. The second-order valence-electron chi connectivity index (χ2n) is 4.89. The molecule has 1 aliphatic rings. The van der Waals surface area contributed by atoms with Crippen LogP contribution in [0.25, 0.3) is 0 Å². The zero-order chi connectivity index (χ0) is 13.0. The highest BCUT2D eigenvalue weighted by Crippen LogP contribution is 2.18. The van der Waals surface area contributed by atoms with Crippen LogP contribution in [0.4, 0.5) is 10.1 Å². The Bertz CT molecular complexity index is 428. The quantitative estimate of drug-likeness (QED) is 0.862. The van der Waals surface area contributed by atoms with Crippen LogP contribution in [0.2, 0.25) is 0 Å². The van der Waals surface area contributed by atoms with Gasteiger partial charge in [0.1, 0.15) is 5.82 Å². The van der Waals surface area contributed by atoms with E-state index in [0.717, 1.165) is 18.4 Å². The average Bonchev–Trinajstić information content (AvgIpc) is 2.80. The van der Waals surface area contributed by atoms with Gasteiger partial charge in [0.25, 0.3) is 0 Å². The number of hydrogen-bond acceptors (Lipinski definition) is 2. The fraction of sp³-hybridized carbons (Fsp3) is 0.500. The van der Waals surface area contributed by atoms with E-state index < -0.39 is 0 Å². The Kier molecular flexibility index (Phi) is 4.18. The van der Waals surface area contributed by atoms with Crippen LogP contribution in [-0.4, -0.2) is 18.5 Å². The molecule has 1 saturated carbocycles. The number of benzene rings is 1. The van der Waals surface area contributed by atoms with Crippen molar-refractivity contribution in [1.82, 2.24) is 5.32 Å². The maximum atomic E-state index is 13.5. The van der Waals surface area contributed by atoms with Gasteiger partial charge in [-0.1, -0.05) is 18.9 Å². The van der Waals surface area contributed by atoms with Crippen molar-refractivity contribution in [3.05, 3.63) is 29.6 Å². The maximum Gasteiger partial charge on any atom is 0.239 e. The molecule has 0 bridgehead atoms. The molecule has 2 rings (SSSR count). The Morgan fingerprint density at radius 3 is 2.78 bits per heavy atom. The van der Waals surface area contributed by atoms with E-state index in [1.165, 1.54) is 18.9 Å². The van der Waals surface area contributed by atoms with Gasteiger partial charge in [-0.25, -0.2) is 4.39 Å². The average molecular weight is 250 g/mol. The Morgan fingerprint density at radius 1 is 1.39 bits per heavy atom. The highest BCUT2D eigenvalue weighted by molar-refractivity contribution is 5.81. The third-order valence-corrected chi connectivity index (χ3v) is 3.28. The summed E-state index contributed by atoms with van der Waals surface area (Å²) in [6, 6.07) is 5.24. The summed E-state index contributed by atoms with van der Waals surface area (Å²) in [5.41, 5.74) is 1.25. The van der Waals surface area contributed by atoms with E-state index in [0.29, 0.717) is 11.7 Å². The van der Waals surface area contributed by atoms with Gasteiger partial charge < -0.3 is 10.6 Å². The summed E-state index contributed by atoms with van der Waals surface area (Å²) in [5, 5.41) is 5.78. The molecule has 0 unspecified atom stereocenters. The van der Waals surface area contributed by atoms with Crippen LogP contribution in [0.15, 0.2) is 18.2 Å². The molecular formula is C14H19FN2O. The normalized spacial score (nSPS) is 15.7. The highest BCUT2D eigenvalue weighted by atomic mass is 19.1. The predicted molar refractivity (Wildman–Crippen MR) is 70.0 cm³/mol. The van der Waals surface area contributed by atoms with Gasteiger partial charge in [-0.2, -0.15) is 0 Å². The van der Waals surface area contributed by atoms with E-state index in [1.807, 2.05) is 13.0 Å². The molecule has 98 valence electrons. The van der Waals surface area contributed by atoms with E-state index in [2.05, 4.69) is 10.6 Å². The Hall–Kier alpha value is -1.58. The van der Waals surface area contributed by atoms with Crippen LogP contribution in [0.5, 0.6) is 0 Å². The molecule has 0 aliphatic heterocycles. The first-order valence-corrected chi connectivity index (χ1v) is 6.44. The largest absolute Gasteiger partial charge is 0.374 e. The van der Waals surface area contributed by atoms with Crippen LogP contribution in [0.1, 0.15) is 31.2 Å². The lowest BCUT2D eigenvalue weighted by molar-refractivity contribution is -0.120. The van der Waals surface area contributed by atoms with Crippen LogP contribution < -0.4 is 10.6 Å². The number of nitrogens with one attached hydrogen (secondary N) is 2. The summed E-state index contributed by atoms with van der Waals surface area (Å²) in [6.07, 6.45) is 4.49. The van der Waals surface area contributed by atoms with Crippen LogP contribution in [0.3, 0.4) is 0 Å². The summed E-state index contributed by atoms with van der Waals surface area (Å²) >= 11 is 0. The van der Waals surface area contributed by atoms with Gasteiger partial charge in [0.05, 0.1) is 12.2 Å². The number of aryl methyl sites for hydroxylation is 1. The van der Waals surface area contributed by atoms with Gasteiger partial charge in [-0.3, -0.25) is 4.79 Å². The number of carbonyl (C=O) groups is 1. The van der Waals surface area contributed by atoms with E-state index in [-0.39, 0.29) is 18.3 Å². The molecule has 2 N–H and O–H groups in total. The molecule has 0 radical (unpaired) electrons. The van der Waals surface area contributed by atoms with Crippen molar-refractivity contribution in [3.8, 4) is 0 Å². The van der Waals surface area contributed by atoms with Crippen molar-refractivity contribution in [1.29, 1.82) is 0 Å². The van der Waals surface area contributed by atoms with E-state index in [4.69, 9.17) is 0 Å². The molecule has 3 nitrogen and oxygen atoms in total. The van der Waals surface area contributed by atoms with Gasteiger partial charge in [0, 0.05) is 6.04 Å². The summed E-state index contributed by atoms with van der Waals surface area (Å²) in [7, 11) is 0. The fourth-order valence-corrected chi connectivity index (χ4v) is 2.29. The van der Waals surface area contributed by atoms with Gasteiger partial charge in [-0.15, -0.1) is 0 Å². The standard InChI is InChI=1S/C14H19FN2O/c1-10-6-7-13(12(15)8-10)16-9-14(18)17-11-4-2-3-5-11/h6-8,11,16H,2-5,9H2,1H3,(H,17,18). The maximum absolute atomic E-state index is 13.5. The van der Waals surface area contributed by atoms with Crippen molar-refractivity contribution in [2.24, 2.45) is 0 Å². The van der Waals surface area contributed by atoms with Gasteiger partial charge >= 0.3 is 0 Å². The topological polar surface area (TPSA) is 41.1 Å². The van der Waals surface area contributed by atoms with Crippen LogP contribution in [0, 0.1) is 12.7 Å². The second-order valence-corrected chi connectivity index (χ2v) is 4.89. The molecule has 4 heteroatoms. The molecule has 1 fully saturated rings. The number of carbonyl (C=O) groups excluding carboxylic acids is 1. The summed E-state index contributed by atoms with van der Waals surface area (Å²) in [6.45, 7) is 1.95. The van der Waals surface area contributed by atoms with Gasteiger partial charge in [-0.05, 0) is 37.5 Å². The Balaban J connectivity index is 1.81. The molecule has 0 saturated heterocycles. The molecule has 1 aliphatic carbocycles. The number of amides is 1. The van der Waals surface area contributed by atoms with Gasteiger partial charge in [0.2, 0.25) is 5.91 Å². The van der Waals surface area contributed by atoms with Crippen molar-refractivity contribution in [2.75, 3.05) is 11.9 Å². The summed E-state index contributed by atoms with van der Waals surface area (Å²) in [5.74, 6) is -0.384. The number of hydrogen-bond donors (Lipinski definition) is 2. The third kappa shape index (κ3) is 3.45. The Labute approximate surface area is 107 Å². The van der Waals surface area contributed by atoms with Gasteiger partial charge in [0.15, 0.2) is 0 Å². The minimum Gasteiger partial charge on any atom is -0.374 e. The monoisotopic (exact) mass is 250 g/mol. The predicted octanol–water partition coefficient (Wildman–Crippen LogP) is 2.60. The molecule has 0 aromatic heterocycles. The fourth-order valence-electron chi connectivity index (χ4n) is 2.29. The van der Waals surface area contributed by atoms with E-state index in [1.54, 1.807) is 6.07 Å². The lowest BCUT2D eigenvalue weighted by atomic mass is 10.2. The molecule has 1 aromatic rings. The lowest BCUT2D eigenvalue weighted by Gasteiger charge is -2.13. The molecule has 1 aromatic carbocycles. The zero-order valence-electron chi connectivity index (χ0n) is 10.6. The molecular weight excluding hydrogens is 231 g/mol. The van der Waals surface area contributed by atoms with Crippen molar-refractivity contribution >= 4 is 11.6 Å². The minimum absolute atomic E-state index is 0.0677. The van der Waals surface area contributed by atoms with E-state index >= 15 is 0 Å². The first kappa shape index (κ1) is 12.9. The van der Waals surface area contributed by atoms with E-state index in [9.17, 15) is 9.18 Å². The van der Waals surface area contributed by atoms with Crippen LogP contribution in [-0.2, 0) is 4.79 Å². The smallest absolute Gasteiger partial charge is 0.239 e. The van der Waals surface area contributed by atoms with Crippen molar-refractivity contribution in [2.45, 2.75) is 38.6 Å². The second kappa shape index (κ2) is 5.85. The minimum atomic E-state index is -0.316. The zero-order valence-corrected chi connectivity index (χ0v) is 10.6. The first-order valence-electron chi connectivity index (χ1n) is 6.44. The SMILES string of the molecule is Cc1ccc(NCC(=O)NC2CCCC2)c(F)c1. The number of halogens is 1. The van der Waals surface area contributed by atoms with Crippen LogP contribution >= 0.6 is 0 Å². The Morgan fingerprint density at radius 2 is 2.11 bits per heavy atom. The molecule has 0 heterocycles. The molecule has 1 amide bonds.